The van der Waals surface area contributed by atoms with E-state index in [1.165, 1.54) is 6.08 Å². The molecule has 4 nitrogen and oxygen atoms in total. The van der Waals surface area contributed by atoms with Gasteiger partial charge in [-0.05, 0) is 17.8 Å². The van der Waals surface area contributed by atoms with E-state index in [1.54, 1.807) is 6.08 Å². The van der Waals surface area contributed by atoms with Gasteiger partial charge < -0.3 is 9.84 Å². The van der Waals surface area contributed by atoms with E-state index in [-0.39, 0.29) is 23.2 Å². The van der Waals surface area contributed by atoms with Gasteiger partial charge in [-0.3, -0.25) is 4.79 Å². The summed E-state index contributed by atoms with van der Waals surface area (Å²) < 4.78 is 4.95. The number of allylic oxidation sites excluding steroid dienone is 1. The summed E-state index contributed by atoms with van der Waals surface area (Å²) in [5.41, 5.74) is -0.258. The Morgan fingerprint density at radius 2 is 2.06 bits per heavy atom. The predicted molar refractivity (Wildman–Crippen MR) is 63.4 cm³/mol. The molecule has 2 unspecified atom stereocenters. The third kappa shape index (κ3) is 3.32. The fourth-order valence-corrected chi connectivity index (χ4v) is 2.06. The van der Waals surface area contributed by atoms with Crippen molar-refractivity contribution in [2.24, 2.45) is 17.3 Å². The van der Waals surface area contributed by atoms with Crippen LogP contribution in [0.3, 0.4) is 0 Å². The Kier molecular flexibility index (Phi) is 4.32. The van der Waals surface area contributed by atoms with Gasteiger partial charge in [0.1, 0.15) is 0 Å². The number of rotatable bonds is 6. The minimum Gasteiger partial charge on any atom is -0.481 e. The molecule has 0 saturated heterocycles. The molecule has 2 atom stereocenters. The van der Waals surface area contributed by atoms with Gasteiger partial charge in [0.25, 0.3) is 0 Å². The van der Waals surface area contributed by atoms with Crippen LogP contribution in [0, 0.1) is 17.3 Å². The van der Waals surface area contributed by atoms with Crippen LogP contribution in [0.2, 0.25) is 0 Å². The molecule has 0 aromatic heterocycles. The van der Waals surface area contributed by atoms with E-state index in [4.69, 9.17) is 9.84 Å². The second kappa shape index (κ2) is 5.34. The Balaban J connectivity index is 2.40. The van der Waals surface area contributed by atoms with Gasteiger partial charge >= 0.3 is 11.9 Å². The maximum atomic E-state index is 11.3. The van der Waals surface area contributed by atoms with Gasteiger partial charge in [-0.15, -0.1) is 0 Å². The molecular weight excluding hydrogens is 220 g/mol. The molecule has 0 amide bonds. The summed E-state index contributed by atoms with van der Waals surface area (Å²) in [5, 5.41) is 8.95. The molecule has 0 spiro atoms. The molecule has 1 rings (SSSR count). The lowest BCUT2D eigenvalue weighted by atomic mass is 10.1. The predicted octanol–water partition coefficient (Wildman–Crippen LogP) is 2.24. The van der Waals surface area contributed by atoms with E-state index < -0.39 is 5.97 Å². The number of carboxylic acid groups (broad SMARTS) is 1. The summed E-state index contributed by atoms with van der Waals surface area (Å²) in [4.78, 5) is 22.2. The van der Waals surface area contributed by atoms with Crippen LogP contribution in [0.1, 0.15) is 33.6 Å². The van der Waals surface area contributed by atoms with Crippen LogP contribution in [-0.4, -0.2) is 23.7 Å². The maximum absolute atomic E-state index is 11.3. The van der Waals surface area contributed by atoms with Crippen LogP contribution in [-0.2, 0) is 14.3 Å². The lowest BCUT2D eigenvalue weighted by Crippen LogP contribution is -2.03. The van der Waals surface area contributed by atoms with Crippen molar-refractivity contribution in [1.82, 2.24) is 0 Å². The molecular formula is C13H20O4. The van der Waals surface area contributed by atoms with Crippen LogP contribution < -0.4 is 0 Å². The Morgan fingerprint density at radius 1 is 1.41 bits per heavy atom. The standard InChI is InChI=1S/C13H20O4/c1-4-5-8-17-10(14)7-6-9-11(12(15)16)13(9,2)3/h6-7,9,11H,4-5,8H2,1-3H3,(H,15,16). The van der Waals surface area contributed by atoms with Crippen LogP contribution in [0.4, 0.5) is 0 Å². The van der Waals surface area contributed by atoms with Crippen molar-refractivity contribution in [2.45, 2.75) is 33.6 Å². The smallest absolute Gasteiger partial charge is 0.330 e. The number of carbonyl (C=O) groups excluding carboxylic acids is 1. The fraction of sp³-hybridized carbons (Fsp3) is 0.692. The highest BCUT2D eigenvalue weighted by Gasteiger charge is 2.60. The lowest BCUT2D eigenvalue weighted by molar-refractivity contribution is -0.140. The van der Waals surface area contributed by atoms with Crippen molar-refractivity contribution in [3.63, 3.8) is 0 Å². The summed E-state index contributed by atoms with van der Waals surface area (Å²) in [6.07, 6.45) is 4.85. The Labute approximate surface area is 102 Å². The molecule has 4 heteroatoms. The topological polar surface area (TPSA) is 63.6 Å². The summed E-state index contributed by atoms with van der Waals surface area (Å²) >= 11 is 0. The van der Waals surface area contributed by atoms with Gasteiger partial charge in [-0.2, -0.15) is 0 Å². The molecule has 96 valence electrons. The molecule has 1 fully saturated rings. The summed E-state index contributed by atoms with van der Waals surface area (Å²) in [5.74, 6) is -1.64. The van der Waals surface area contributed by atoms with Crippen LogP contribution in [0.25, 0.3) is 0 Å². The van der Waals surface area contributed by atoms with Crippen LogP contribution in [0.5, 0.6) is 0 Å². The zero-order valence-electron chi connectivity index (χ0n) is 10.6. The zero-order chi connectivity index (χ0) is 13.1. The Hall–Kier alpha value is -1.32. The van der Waals surface area contributed by atoms with Gasteiger partial charge in [0.05, 0.1) is 12.5 Å². The number of unbranched alkanes of at least 4 members (excludes halogenated alkanes) is 1. The number of aliphatic carboxylic acids is 1. The molecule has 0 aromatic carbocycles. The van der Waals surface area contributed by atoms with E-state index in [2.05, 4.69) is 0 Å². The number of hydrogen-bond donors (Lipinski definition) is 1. The highest BCUT2D eigenvalue weighted by Crippen LogP contribution is 2.58. The summed E-state index contributed by atoms with van der Waals surface area (Å²) in [7, 11) is 0. The first-order chi connectivity index (χ1) is 7.91. The van der Waals surface area contributed by atoms with Gasteiger partial charge in [-0.1, -0.05) is 33.3 Å². The molecule has 1 aliphatic rings. The monoisotopic (exact) mass is 240 g/mol. The van der Waals surface area contributed by atoms with Crippen molar-refractivity contribution < 1.29 is 19.4 Å². The SMILES string of the molecule is CCCCOC(=O)C=CC1C(C(=O)O)C1(C)C. The van der Waals surface area contributed by atoms with Crippen LogP contribution >= 0.6 is 0 Å². The van der Waals surface area contributed by atoms with Crippen molar-refractivity contribution >= 4 is 11.9 Å². The number of esters is 1. The fourth-order valence-electron chi connectivity index (χ4n) is 2.06. The Morgan fingerprint density at radius 3 is 2.53 bits per heavy atom. The van der Waals surface area contributed by atoms with Crippen molar-refractivity contribution in [3.05, 3.63) is 12.2 Å². The number of ether oxygens (including phenoxy) is 1. The lowest BCUT2D eigenvalue weighted by Gasteiger charge is -1.99. The van der Waals surface area contributed by atoms with Crippen molar-refractivity contribution in [2.75, 3.05) is 6.61 Å². The molecule has 0 bridgehead atoms. The third-order valence-corrected chi connectivity index (χ3v) is 3.36. The van der Waals surface area contributed by atoms with E-state index in [9.17, 15) is 9.59 Å². The van der Waals surface area contributed by atoms with E-state index >= 15 is 0 Å². The minimum absolute atomic E-state index is 0.0706. The molecule has 0 radical (unpaired) electrons. The second-order valence-electron chi connectivity index (χ2n) is 5.04. The summed E-state index contributed by atoms with van der Waals surface area (Å²) in [6.45, 7) is 6.23. The molecule has 0 aromatic rings. The average molecular weight is 240 g/mol. The normalized spacial score (nSPS) is 25.8. The zero-order valence-corrected chi connectivity index (χ0v) is 10.6. The highest BCUT2D eigenvalue weighted by molar-refractivity contribution is 5.83. The molecule has 1 saturated carbocycles. The van der Waals surface area contributed by atoms with Crippen molar-refractivity contribution in [3.8, 4) is 0 Å². The molecule has 1 N–H and O–H groups in total. The van der Waals surface area contributed by atoms with Gasteiger partial charge in [0, 0.05) is 6.08 Å². The maximum Gasteiger partial charge on any atom is 0.330 e. The van der Waals surface area contributed by atoms with Gasteiger partial charge in [-0.25, -0.2) is 4.79 Å². The quantitative estimate of drug-likeness (QED) is 0.439. The van der Waals surface area contributed by atoms with Crippen LogP contribution in [0.15, 0.2) is 12.2 Å². The molecule has 0 aliphatic heterocycles. The van der Waals surface area contributed by atoms with Gasteiger partial charge in [0.2, 0.25) is 0 Å². The minimum atomic E-state index is -0.802. The molecule has 17 heavy (non-hydrogen) atoms. The van der Waals surface area contributed by atoms with E-state index in [0.717, 1.165) is 12.8 Å². The number of hydrogen-bond acceptors (Lipinski definition) is 3. The molecule has 0 heterocycles. The van der Waals surface area contributed by atoms with Crippen molar-refractivity contribution in [1.29, 1.82) is 0 Å². The first kappa shape index (κ1) is 13.7. The number of carbonyl (C=O) groups is 2. The second-order valence-corrected chi connectivity index (χ2v) is 5.04. The first-order valence-corrected chi connectivity index (χ1v) is 5.99. The Bertz CT molecular complexity index is 330. The highest BCUT2D eigenvalue weighted by atomic mass is 16.5. The molecule has 1 aliphatic carbocycles. The summed E-state index contributed by atoms with van der Waals surface area (Å²) in [6, 6.07) is 0. The van der Waals surface area contributed by atoms with Gasteiger partial charge in [0.15, 0.2) is 0 Å². The average Bonchev–Trinajstić information content (AvgIpc) is 2.78. The largest absolute Gasteiger partial charge is 0.481 e. The van der Waals surface area contributed by atoms with E-state index in [1.807, 2.05) is 20.8 Å². The van der Waals surface area contributed by atoms with E-state index in [0.29, 0.717) is 6.61 Å². The number of carboxylic acids is 1. The first-order valence-electron chi connectivity index (χ1n) is 5.99. The third-order valence-electron chi connectivity index (χ3n) is 3.36.